The number of rotatable bonds is 14. The van der Waals surface area contributed by atoms with Crippen molar-refractivity contribution in [2.45, 2.75) is 20.1 Å². The molecule has 11 nitrogen and oxygen atoms in total. The normalized spacial score (nSPS) is 14.3. The smallest absolute Gasteiger partial charge is 0.356 e. The molecule has 35 heavy (non-hydrogen) atoms. The number of imidazole rings is 1. The first-order valence-electron chi connectivity index (χ1n) is 10.6. The Labute approximate surface area is 207 Å². The van der Waals surface area contributed by atoms with E-state index in [0.717, 1.165) is 0 Å². The first kappa shape index (κ1) is 27.5. The number of nitrogen functional groups attached to an aromatic ring is 1. The van der Waals surface area contributed by atoms with Crippen molar-refractivity contribution in [1.29, 1.82) is 0 Å². The zero-order valence-corrected chi connectivity index (χ0v) is 21.5. The van der Waals surface area contributed by atoms with Crippen LogP contribution in [-0.2, 0) is 52.1 Å². The van der Waals surface area contributed by atoms with Crippen molar-refractivity contribution in [3.63, 3.8) is 0 Å². The second kappa shape index (κ2) is 12.8. The van der Waals surface area contributed by atoms with E-state index in [1.165, 1.54) is 12.4 Å². The summed E-state index contributed by atoms with van der Waals surface area (Å²) in [5.74, 6) is 0.442. The number of nitrogens with two attached hydrogens (primary N) is 1. The zero-order chi connectivity index (χ0) is 25.4. The van der Waals surface area contributed by atoms with Gasteiger partial charge in [0.2, 0.25) is 5.95 Å². The third kappa shape index (κ3) is 7.97. The highest BCUT2D eigenvalue weighted by atomic mass is 32.8. The van der Waals surface area contributed by atoms with Crippen LogP contribution in [-0.4, -0.2) is 62.3 Å². The highest BCUT2D eigenvalue weighted by Crippen LogP contribution is 2.49. The zero-order valence-electron chi connectivity index (χ0n) is 19.0. The van der Waals surface area contributed by atoms with Gasteiger partial charge in [-0.1, -0.05) is 23.3 Å². The Hall–Kier alpha value is -2.06. The lowest BCUT2D eigenvalue weighted by Gasteiger charge is -2.19. The molecule has 1 aromatic carbocycles. The van der Waals surface area contributed by atoms with Gasteiger partial charge in [0.1, 0.15) is 12.2 Å². The molecule has 4 N–H and O–H groups in total. The summed E-state index contributed by atoms with van der Waals surface area (Å²) < 4.78 is 45.4. The van der Waals surface area contributed by atoms with Crippen molar-refractivity contribution in [1.82, 2.24) is 19.5 Å². The number of nitrogens with zero attached hydrogens (tertiary/aromatic N) is 3. The SMILES string of the molecule is Cc1ccc(COP(=O)(COCCn2cnc3c(=O)[nH]c(N)nc32)OCCS(=S)CCO)cc1F. The van der Waals surface area contributed by atoms with Crippen molar-refractivity contribution < 1.29 is 27.8 Å². The number of ether oxygens (including phenoxy) is 1. The molecule has 0 aliphatic carbocycles. The van der Waals surface area contributed by atoms with Crippen LogP contribution in [0.2, 0.25) is 0 Å². The van der Waals surface area contributed by atoms with Crippen molar-refractivity contribution in [2.24, 2.45) is 0 Å². The third-order valence-corrected chi connectivity index (χ3v) is 8.66. The molecular weight excluding hydrogens is 520 g/mol. The molecule has 0 aliphatic heterocycles. The predicted octanol–water partition coefficient (Wildman–Crippen LogP) is 1.62. The molecule has 0 amide bonds. The quantitative estimate of drug-likeness (QED) is 0.200. The van der Waals surface area contributed by atoms with Gasteiger partial charge in [-0.15, -0.1) is 9.45 Å². The summed E-state index contributed by atoms with van der Waals surface area (Å²) in [6, 6.07) is 4.60. The van der Waals surface area contributed by atoms with Gasteiger partial charge in [0.25, 0.3) is 5.56 Å². The average molecular weight is 548 g/mol. The van der Waals surface area contributed by atoms with E-state index in [-0.39, 0.29) is 50.8 Å². The van der Waals surface area contributed by atoms with Crippen LogP contribution < -0.4 is 11.3 Å². The Bertz CT molecular complexity index is 1290. The average Bonchev–Trinajstić information content (AvgIpc) is 3.21. The second-order valence-corrected chi connectivity index (χ2v) is 12.6. The number of hydrogen-bond donors (Lipinski definition) is 3. The van der Waals surface area contributed by atoms with Gasteiger partial charge in [-0.25, -0.2) is 9.37 Å². The summed E-state index contributed by atoms with van der Waals surface area (Å²) in [6.07, 6.45) is 1.08. The molecule has 0 spiro atoms. The molecule has 3 rings (SSSR count). The van der Waals surface area contributed by atoms with Crippen molar-refractivity contribution in [3.8, 4) is 0 Å². The van der Waals surface area contributed by atoms with Crippen LogP contribution in [0.1, 0.15) is 11.1 Å². The van der Waals surface area contributed by atoms with E-state index < -0.39 is 28.4 Å². The lowest BCUT2D eigenvalue weighted by atomic mass is 10.1. The summed E-state index contributed by atoms with van der Waals surface area (Å²) in [7, 11) is -4.23. The van der Waals surface area contributed by atoms with Gasteiger partial charge in [-0.05, 0) is 24.1 Å². The Morgan fingerprint density at radius 3 is 2.86 bits per heavy atom. The van der Waals surface area contributed by atoms with Crippen LogP contribution in [0.25, 0.3) is 11.2 Å². The molecule has 2 heterocycles. The molecule has 3 aromatic rings. The Kier molecular flexibility index (Phi) is 10.0. The number of fused-ring (bicyclic) bond motifs is 1. The molecule has 0 saturated heterocycles. The van der Waals surface area contributed by atoms with Gasteiger partial charge < -0.3 is 29.2 Å². The number of aryl methyl sites for hydroxylation is 1. The number of H-pyrrole nitrogens is 1. The molecule has 2 aromatic heterocycles. The highest BCUT2D eigenvalue weighted by Gasteiger charge is 2.26. The molecule has 2 unspecified atom stereocenters. The molecule has 0 bridgehead atoms. The van der Waals surface area contributed by atoms with E-state index in [0.29, 0.717) is 28.3 Å². The van der Waals surface area contributed by atoms with Crippen LogP contribution in [0, 0.1) is 12.7 Å². The lowest BCUT2D eigenvalue weighted by Crippen LogP contribution is -2.14. The summed E-state index contributed by atoms with van der Waals surface area (Å²) >= 11 is 5.24. The number of aliphatic hydroxyl groups is 1. The number of hydrogen-bond acceptors (Lipinski definition) is 10. The minimum Gasteiger partial charge on any atom is -0.396 e. The minimum absolute atomic E-state index is 0.0296. The predicted molar refractivity (Wildman–Crippen MR) is 134 cm³/mol. The standard InChI is InChI=1S/C20H27FN5O6PS2/c1-14-2-3-15(10-16(14)21)11-32-33(29,31-7-9-35(34)8-5-27)13-30-6-4-26-12-23-17-18(26)24-20(22)25-19(17)28/h2-3,10,12,27H,4-9,11,13H2,1H3,(H3,22,24,25,28). The number of nitrogens with one attached hydrogen (secondary N) is 1. The third-order valence-electron chi connectivity index (χ3n) is 4.80. The van der Waals surface area contributed by atoms with Gasteiger partial charge in [0, 0.05) is 18.1 Å². The van der Waals surface area contributed by atoms with Crippen molar-refractivity contribution >= 4 is 45.4 Å². The largest absolute Gasteiger partial charge is 0.396 e. The molecular formula is C20H27FN5O6PS2. The van der Waals surface area contributed by atoms with Crippen LogP contribution in [0.5, 0.6) is 0 Å². The molecule has 0 fully saturated rings. The van der Waals surface area contributed by atoms with Crippen molar-refractivity contribution in [3.05, 3.63) is 51.8 Å². The lowest BCUT2D eigenvalue weighted by molar-refractivity contribution is 0.123. The van der Waals surface area contributed by atoms with Crippen LogP contribution in [0.3, 0.4) is 0 Å². The highest BCUT2D eigenvalue weighted by molar-refractivity contribution is 8.28. The van der Waals surface area contributed by atoms with Crippen LogP contribution in [0.4, 0.5) is 10.3 Å². The van der Waals surface area contributed by atoms with Gasteiger partial charge in [0.15, 0.2) is 11.2 Å². The Morgan fingerprint density at radius 2 is 2.11 bits per heavy atom. The number of aromatic amines is 1. The number of aromatic nitrogens is 4. The second-order valence-electron chi connectivity index (χ2n) is 7.47. The van der Waals surface area contributed by atoms with E-state index in [4.69, 9.17) is 35.8 Å². The number of aliphatic hydroxyl groups excluding tert-OH is 1. The Balaban J connectivity index is 1.60. The summed E-state index contributed by atoms with van der Waals surface area (Å²) in [5.41, 5.74) is 6.58. The maximum absolute atomic E-state index is 13.9. The number of halogens is 1. The fraction of sp³-hybridized carbons (Fsp3) is 0.450. The van der Waals surface area contributed by atoms with E-state index in [2.05, 4.69) is 15.0 Å². The first-order chi connectivity index (χ1) is 16.7. The van der Waals surface area contributed by atoms with Gasteiger partial charge in [-0.2, -0.15) is 4.98 Å². The topological polar surface area (TPSA) is 155 Å². The van der Waals surface area contributed by atoms with Gasteiger partial charge in [0.05, 0.1) is 32.8 Å². The minimum atomic E-state index is -3.72. The molecule has 0 radical (unpaired) electrons. The summed E-state index contributed by atoms with van der Waals surface area (Å²) in [5, 5.41) is 9.00. The number of benzene rings is 1. The molecule has 2 atom stereocenters. The molecule has 192 valence electrons. The molecule has 0 aliphatic rings. The molecule has 0 saturated carbocycles. The fourth-order valence-corrected chi connectivity index (χ4v) is 5.48. The maximum Gasteiger partial charge on any atom is 0.356 e. The van der Waals surface area contributed by atoms with E-state index in [1.54, 1.807) is 23.6 Å². The van der Waals surface area contributed by atoms with Crippen molar-refractivity contribution in [2.75, 3.05) is 43.4 Å². The molecule has 15 heteroatoms. The maximum atomic E-state index is 13.9. The van der Waals surface area contributed by atoms with E-state index in [1.807, 2.05) is 0 Å². The van der Waals surface area contributed by atoms with Crippen LogP contribution in [0.15, 0.2) is 29.3 Å². The van der Waals surface area contributed by atoms with Crippen LogP contribution >= 0.6 is 7.60 Å². The van der Waals surface area contributed by atoms with Gasteiger partial charge in [-0.3, -0.25) is 14.3 Å². The monoisotopic (exact) mass is 547 g/mol. The number of anilines is 1. The van der Waals surface area contributed by atoms with Gasteiger partial charge >= 0.3 is 7.60 Å². The first-order valence-corrected chi connectivity index (χ1v) is 14.8. The van der Waals surface area contributed by atoms with E-state index in [9.17, 15) is 13.8 Å². The van der Waals surface area contributed by atoms with E-state index >= 15 is 0 Å². The summed E-state index contributed by atoms with van der Waals surface area (Å²) in [6.45, 7) is 1.88. The summed E-state index contributed by atoms with van der Waals surface area (Å²) in [4.78, 5) is 22.4. The Morgan fingerprint density at radius 1 is 1.31 bits per heavy atom. The fourth-order valence-electron chi connectivity index (χ4n) is 2.96.